The topological polar surface area (TPSA) is 12.0 Å². The summed E-state index contributed by atoms with van der Waals surface area (Å²) in [5.41, 5.74) is 4.42. The minimum absolute atomic E-state index is 0.242. The summed E-state index contributed by atoms with van der Waals surface area (Å²) in [5.74, 6) is 0. The van der Waals surface area contributed by atoms with Crippen LogP contribution < -0.4 is 5.32 Å². The second-order valence-corrected chi connectivity index (χ2v) is 6.91. The van der Waals surface area contributed by atoms with Crippen molar-refractivity contribution in [3.8, 4) is 0 Å². The fraction of sp³-hybridized carbons (Fsp3) is 0.556. The van der Waals surface area contributed by atoms with Crippen molar-refractivity contribution < 1.29 is 0 Å². The molecular weight excluding hydrogens is 301 g/mol. The smallest absolute Gasteiger partial charge is 0.0598 e. The van der Waals surface area contributed by atoms with Crippen molar-refractivity contribution in [1.29, 1.82) is 0 Å². The molecule has 1 aromatic carbocycles. The summed E-state index contributed by atoms with van der Waals surface area (Å²) in [4.78, 5) is 0. The predicted molar refractivity (Wildman–Crippen MR) is 94.2 cm³/mol. The Kier molecular flexibility index (Phi) is 5.76. The van der Waals surface area contributed by atoms with E-state index in [9.17, 15) is 0 Å². The van der Waals surface area contributed by atoms with E-state index in [0.29, 0.717) is 10.0 Å². The number of benzene rings is 1. The van der Waals surface area contributed by atoms with Crippen LogP contribution in [0.5, 0.6) is 0 Å². The first kappa shape index (κ1) is 16.9. The van der Waals surface area contributed by atoms with Crippen LogP contribution in [0.4, 0.5) is 0 Å². The summed E-state index contributed by atoms with van der Waals surface area (Å²) < 4.78 is 0. The Bertz CT molecular complexity index is 528. The molecule has 116 valence electrons. The predicted octanol–water partition coefficient (Wildman–Crippen LogP) is 5.96. The van der Waals surface area contributed by atoms with Crippen molar-refractivity contribution in [2.45, 2.75) is 46.5 Å². The molecule has 0 radical (unpaired) electrons. The van der Waals surface area contributed by atoms with Crippen LogP contribution in [0.3, 0.4) is 0 Å². The zero-order chi connectivity index (χ0) is 15.5. The number of halogens is 2. The van der Waals surface area contributed by atoms with Gasteiger partial charge in [0.05, 0.1) is 10.0 Å². The fourth-order valence-electron chi connectivity index (χ4n) is 3.61. The maximum Gasteiger partial charge on any atom is 0.0598 e. The Balaban J connectivity index is 2.55. The maximum absolute atomic E-state index is 6.26. The molecule has 1 unspecified atom stereocenters. The van der Waals surface area contributed by atoms with Gasteiger partial charge in [-0.2, -0.15) is 0 Å². The molecule has 1 fully saturated rings. The monoisotopic (exact) mass is 325 g/mol. The lowest BCUT2D eigenvalue weighted by molar-refractivity contribution is 0.401. The molecule has 1 N–H and O–H groups in total. The molecule has 1 aromatic rings. The summed E-state index contributed by atoms with van der Waals surface area (Å²) in [6.07, 6.45) is 4.69. The minimum Gasteiger partial charge on any atom is -0.316 e. The van der Waals surface area contributed by atoms with Crippen LogP contribution in [-0.2, 0) is 0 Å². The van der Waals surface area contributed by atoms with Crippen molar-refractivity contribution in [2.24, 2.45) is 5.41 Å². The maximum atomic E-state index is 6.26. The van der Waals surface area contributed by atoms with Crippen molar-refractivity contribution in [3.05, 3.63) is 39.4 Å². The van der Waals surface area contributed by atoms with Gasteiger partial charge in [0.15, 0.2) is 0 Å². The summed E-state index contributed by atoms with van der Waals surface area (Å²) in [6.45, 7) is 8.92. The Morgan fingerprint density at radius 3 is 2.52 bits per heavy atom. The summed E-state index contributed by atoms with van der Waals surface area (Å²) >= 11 is 12.4. The largest absolute Gasteiger partial charge is 0.316 e. The van der Waals surface area contributed by atoms with Crippen molar-refractivity contribution >= 4 is 28.8 Å². The quantitative estimate of drug-likeness (QED) is 0.704. The Morgan fingerprint density at radius 2 is 2.00 bits per heavy atom. The van der Waals surface area contributed by atoms with E-state index >= 15 is 0 Å². The Morgan fingerprint density at radius 1 is 1.24 bits per heavy atom. The number of hydrogen-bond acceptors (Lipinski definition) is 1. The van der Waals surface area contributed by atoms with Crippen LogP contribution in [0.25, 0.3) is 5.57 Å². The minimum atomic E-state index is 0.242. The van der Waals surface area contributed by atoms with Gasteiger partial charge in [0.2, 0.25) is 0 Å². The van der Waals surface area contributed by atoms with Crippen molar-refractivity contribution in [3.63, 3.8) is 0 Å². The van der Waals surface area contributed by atoms with Crippen molar-refractivity contribution in [1.82, 2.24) is 5.32 Å². The Labute approximate surface area is 138 Å². The van der Waals surface area contributed by atoms with E-state index in [1.54, 1.807) is 0 Å². The van der Waals surface area contributed by atoms with Crippen LogP contribution in [0.1, 0.15) is 52.0 Å². The number of rotatable bonds is 5. The van der Waals surface area contributed by atoms with Gasteiger partial charge in [-0.1, -0.05) is 55.1 Å². The van der Waals surface area contributed by atoms with E-state index in [1.165, 1.54) is 36.0 Å². The van der Waals surface area contributed by atoms with Gasteiger partial charge < -0.3 is 5.32 Å². The van der Waals surface area contributed by atoms with Gasteiger partial charge in [0.1, 0.15) is 0 Å². The van der Waals surface area contributed by atoms with E-state index in [4.69, 9.17) is 23.2 Å². The molecule has 2 rings (SSSR count). The first-order valence-corrected chi connectivity index (χ1v) is 8.66. The third-order valence-electron chi connectivity index (χ3n) is 4.67. The van der Waals surface area contributed by atoms with Crippen LogP contribution in [0, 0.1) is 5.41 Å². The van der Waals surface area contributed by atoms with E-state index in [0.717, 1.165) is 19.5 Å². The first-order chi connectivity index (χ1) is 10.0. The average Bonchev–Trinajstić information content (AvgIpc) is 2.92. The van der Waals surface area contributed by atoms with Gasteiger partial charge >= 0.3 is 0 Å². The van der Waals surface area contributed by atoms with Crippen LogP contribution >= 0.6 is 23.2 Å². The molecule has 0 aromatic heterocycles. The first-order valence-electron chi connectivity index (χ1n) is 7.90. The molecule has 0 aliphatic carbocycles. The summed E-state index contributed by atoms with van der Waals surface area (Å²) in [7, 11) is 0. The lowest BCUT2D eigenvalue weighted by Crippen LogP contribution is -2.26. The molecule has 1 nitrogen and oxygen atoms in total. The molecular formula is C18H25Cl2N. The molecule has 0 bridgehead atoms. The number of hydrogen-bond donors (Lipinski definition) is 1. The van der Waals surface area contributed by atoms with Gasteiger partial charge in [-0.3, -0.25) is 0 Å². The standard InChI is InChI=1S/C18H25Cl2N/c1-4-8-18(9-10-21-12-18)17(13(3)5-2)14-6-7-15(19)16(20)11-14/h6-7,11,21H,4-5,8-10,12H2,1-3H3/b17-13+. The van der Waals surface area contributed by atoms with Crippen LogP contribution in [-0.4, -0.2) is 13.1 Å². The molecule has 3 heteroatoms. The molecule has 1 aliphatic rings. The van der Waals surface area contributed by atoms with Gasteiger partial charge in [-0.25, -0.2) is 0 Å². The molecule has 0 amide bonds. The zero-order valence-electron chi connectivity index (χ0n) is 13.2. The Hall–Kier alpha value is -0.500. The lowest BCUT2D eigenvalue weighted by Gasteiger charge is -2.33. The molecule has 1 atom stereocenters. The van der Waals surface area contributed by atoms with Gasteiger partial charge in [0.25, 0.3) is 0 Å². The third-order valence-corrected chi connectivity index (χ3v) is 5.41. The van der Waals surface area contributed by atoms with E-state index < -0.39 is 0 Å². The lowest BCUT2D eigenvalue weighted by atomic mass is 9.71. The molecule has 21 heavy (non-hydrogen) atoms. The molecule has 1 heterocycles. The van der Waals surface area contributed by atoms with Gasteiger partial charge in [-0.15, -0.1) is 0 Å². The van der Waals surface area contributed by atoms with Gasteiger partial charge in [0, 0.05) is 12.0 Å². The summed E-state index contributed by atoms with van der Waals surface area (Å²) in [6, 6.07) is 6.08. The van der Waals surface area contributed by atoms with Crippen LogP contribution in [0.15, 0.2) is 23.8 Å². The zero-order valence-corrected chi connectivity index (χ0v) is 14.7. The summed E-state index contributed by atoms with van der Waals surface area (Å²) in [5, 5.41) is 4.83. The van der Waals surface area contributed by atoms with Crippen LogP contribution in [0.2, 0.25) is 10.0 Å². The average molecular weight is 326 g/mol. The second kappa shape index (κ2) is 7.17. The number of nitrogens with one attached hydrogen (secondary N) is 1. The normalized spacial score (nSPS) is 23.3. The SMILES string of the molecule is CCCC1(/C(=C(\C)CC)c2ccc(Cl)c(Cl)c2)CCNC1. The fourth-order valence-corrected chi connectivity index (χ4v) is 3.91. The molecule has 0 spiro atoms. The highest BCUT2D eigenvalue weighted by molar-refractivity contribution is 6.42. The highest BCUT2D eigenvalue weighted by Gasteiger charge is 2.38. The molecule has 0 saturated carbocycles. The highest BCUT2D eigenvalue weighted by Crippen LogP contribution is 2.47. The highest BCUT2D eigenvalue weighted by atomic mass is 35.5. The van der Waals surface area contributed by atoms with Crippen molar-refractivity contribution in [2.75, 3.05) is 13.1 Å². The van der Waals surface area contributed by atoms with E-state index in [2.05, 4.69) is 32.2 Å². The number of allylic oxidation sites excluding steroid dienone is 1. The van der Waals surface area contributed by atoms with Gasteiger partial charge in [-0.05, 0) is 56.0 Å². The van der Waals surface area contributed by atoms with E-state index in [1.807, 2.05) is 12.1 Å². The second-order valence-electron chi connectivity index (χ2n) is 6.09. The molecule has 1 saturated heterocycles. The third kappa shape index (κ3) is 3.47. The van der Waals surface area contributed by atoms with E-state index in [-0.39, 0.29) is 5.41 Å². The molecule has 1 aliphatic heterocycles.